The number of hydrogen-bond donors (Lipinski definition) is 3. The molecule has 1 heterocycles. The Morgan fingerprint density at radius 1 is 1.24 bits per heavy atom. The van der Waals surface area contributed by atoms with Crippen molar-refractivity contribution in [2.45, 2.75) is 32.4 Å². The van der Waals surface area contributed by atoms with Gasteiger partial charge in [-0.2, -0.15) is 13.2 Å². The molecule has 2 rings (SSSR count). The molecule has 0 radical (unpaired) electrons. The summed E-state index contributed by atoms with van der Waals surface area (Å²) in [7, 11) is 0. The van der Waals surface area contributed by atoms with E-state index in [1.54, 1.807) is 6.92 Å². The highest BCUT2D eigenvalue weighted by Gasteiger charge is 2.41. The number of aliphatic hydroxyl groups excluding tert-OH is 1. The molecular formula is C14H20F3N3O. The van der Waals surface area contributed by atoms with Gasteiger partial charge in [-0.15, -0.1) is 0 Å². The Morgan fingerprint density at radius 2 is 1.86 bits per heavy atom. The molecule has 1 aliphatic carbocycles. The molecule has 1 saturated carbocycles. The number of nitrogens with one attached hydrogen (secondary N) is 2. The SMILES string of the molecule is CCNc1cc(C(F)(F)F)cc(NCC2(CCO)CC2)n1. The van der Waals surface area contributed by atoms with Crippen molar-refractivity contribution < 1.29 is 18.3 Å². The molecule has 7 heteroatoms. The van der Waals surface area contributed by atoms with E-state index >= 15 is 0 Å². The van der Waals surface area contributed by atoms with Gasteiger partial charge in [0.05, 0.1) is 5.56 Å². The summed E-state index contributed by atoms with van der Waals surface area (Å²) < 4.78 is 38.6. The van der Waals surface area contributed by atoms with Gasteiger partial charge in [-0.05, 0) is 43.7 Å². The van der Waals surface area contributed by atoms with Crippen molar-refractivity contribution in [1.82, 2.24) is 4.98 Å². The van der Waals surface area contributed by atoms with E-state index in [9.17, 15) is 13.2 Å². The van der Waals surface area contributed by atoms with E-state index in [1.165, 1.54) is 0 Å². The van der Waals surface area contributed by atoms with Crippen LogP contribution in [0.25, 0.3) is 0 Å². The Morgan fingerprint density at radius 3 is 2.33 bits per heavy atom. The summed E-state index contributed by atoms with van der Waals surface area (Å²) in [5, 5.41) is 14.8. The quantitative estimate of drug-likeness (QED) is 0.724. The minimum absolute atomic E-state index is 0.0169. The molecule has 4 nitrogen and oxygen atoms in total. The van der Waals surface area contributed by atoms with Crippen LogP contribution in [0.15, 0.2) is 12.1 Å². The fourth-order valence-electron chi connectivity index (χ4n) is 2.26. The van der Waals surface area contributed by atoms with Crippen LogP contribution in [0.5, 0.6) is 0 Å². The molecular weight excluding hydrogens is 283 g/mol. The van der Waals surface area contributed by atoms with Crippen molar-refractivity contribution in [3.8, 4) is 0 Å². The average molecular weight is 303 g/mol. The number of pyridine rings is 1. The maximum absolute atomic E-state index is 12.9. The molecule has 0 unspecified atom stereocenters. The molecule has 0 aromatic carbocycles. The van der Waals surface area contributed by atoms with Crippen molar-refractivity contribution in [3.05, 3.63) is 17.7 Å². The van der Waals surface area contributed by atoms with Crippen LogP contribution in [-0.2, 0) is 6.18 Å². The topological polar surface area (TPSA) is 57.2 Å². The third kappa shape index (κ3) is 4.23. The molecule has 0 amide bonds. The summed E-state index contributed by atoms with van der Waals surface area (Å²) in [6.45, 7) is 2.94. The standard InChI is InChI=1S/C14H20F3N3O/c1-2-18-11-7-10(14(15,16)17)8-12(20-11)19-9-13(3-4-13)5-6-21/h7-8,21H,2-6,9H2,1H3,(H2,18,19,20). The number of aromatic nitrogens is 1. The Labute approximate surface area is 121 Å². The molecule has 21 heavy (non-hydrogen) atoms. The van der Waals surface area contributed by atoms with Gasteiger partial charge in [0.2, 0.25) is 0 Å². The van der Waals surface area contributed by atoms with Crippen molar-refractivity contribution in [2.75, 3.05) is 30.3 Å². The second-order valence-electron chi connectivity index (χ2n) is 5.48. The van der Waals surface area contributed by atoms with Crippen molar-refractivity contribution in [3.63, 3.8) is 0 Å². The minimum atomic E-state index is -4.40. The van der Waals surface area contributed by atoms with Crippen molar-refractivity contribution >= 4 is 11.6 Å². The van der Waals surface area contributed by atoms with E-state index < -0.39 is 11.7 Å². The van der Waals surface area contributed by atoms with Gasteiger partial charge in [-0.25, -0.2) is 4.98 Å². The molecule has 1 fully saturated rings. The first-order chi connectivity index (χ1) is 9.88. The zero-order valence-electron chi connectivity index (χ0n) is 11.9. The summed E-state index contributed by atoms with van der Waals surface area (Å²) in [6, 6.07) is 2.03. The van der Waals surface area contributed by atoms with Crippen molar-refractivity contribution in [2.24, 2.45) is 5.41 Å². The summed E-state index contributed by atoms with van der Waals surface area (Å²) in [4.78, 5) is 4.14. The summed E-state index contributed by atoms with van der Waals surface area (Å²) in [5.74, 6) is 0.423. The fraction of sp³-hybridized carbons (Fsp3) is 0.643. The number of halogens is 3. The van der Waals surface area contributed by atoms with Gasteiger partial charge in [-0.3, -0.25) is 0 Å². The Balaban J connectivity index is 2.12. The zero-order chi connectivity index (χ0) is 15.5. The molecule has 1 aliphatic rings. The van der Waals surface area contributed by atoms with E-state index in [2.05, 4.69) is 15.6 Å². The largest absolute Gasteiger partial charge is 0.416 e. The van der Waals surface area contributed by atoms with Crippen LogP contribution in [0, 0.1) is 5.41 Å². The molecule has 0 spiro atoms. The van der Waals surface area contributed by atoms with E-state index in [4.69, 9.17) is 5.11 Å². The smallest absolute Gasteiger partial charge is 0.396 e. The highest BCUT2D eigenvalue weighted by Crippen LogP contribution is 2.48. The predicted octanol–water partition coefficient (Wildman–Crippen LogP) is 3.11. The molecule has 0 saturated heterocycles. The first kappa shape index (κ1) is 15.9. The molecule has 1 aromatic heterocycles. The number of hydrogen-bond acceptors (Lipinski definition) is 4. The lowest BCUT2D eigenvalue weighted by molar-refractivity contribution is -0.137. The van der Waals surface area contributed by atoms with Gasteiger partial charge in [-0.1, -0.05) is 0 Å². The van der Waals surface area contributed by atoms with Gasteiger partial charge in [0.15, 0.2) is 0 Å². The van der Waals surface area contributed by atoms with Gasteiger partial charge >= 0.3 is 6.18 Å². The maximum atomic E-state index is 12.9. The second-order valence-corrected chi connectivity index (χ2v) is 5.48. The van der Waals surface area contributed by atoms with Gasteiger partial charge < -0.3 is 15.7 Å². The number of anilines is 2. The normalized spacial score (nSPS) is 16.6. The molecule has 0 atom stereocenters. The number of rotatable bonds is 7. The van der Waals surface area contributed by atoms with Crippen LogP contribution < -0.4 is 10.6 Å². The van der Waals surface area contributed by atoms with E-state index in [0.717, 1.165) is 25.0 Å². The number of aliphatic hydroxyl groups is 1. The first-order valence-corrected chi connectivity index (χ1v) is 7.06. The zero-order valence-corrected chi connectivity index (χ0v) is 11.9. The van der Waals surface area contributed by atoms with Crippen LogP contribution in [-0.4, -0.2) is 29.8 Å². The van der Waals surface area contributed by atoms with Crippen LogP contribution in [0.1, 0.15) is 31.7 Å². The van der Waals surface area contributed by atoms with Crippen LogP contribution >= 0.6 is 0 Å². The lowest BCUT2D eigenvalue weighted by Gasteiger charge is -2.17. The third-order valence-corrected chi connectivity index (χ3v) is 3.75. The van der Waals surface area contributed by atoms with Gasteiger partial charge in [0.1, 0.15) is 11.6 Å². The van der Waals surface area contributed by atoms with Crippen LogP contribution in [0.2, 0.25) is 0 Å². The summed E-state index contributed by atoms with van der Waals surface area (Å²) in [5.41, 5.74) is -0.703. The highest BCUT2D eigenvalue weighted by atomic mass is 19.4. The molecule has 118 valence electrons. The summed E-state index contributed by atoms with van der Waals surface area (Å²) in [6.07, 6.45) is -1.76. The monoisotopic (exact) mass is 303 g/mol. The lowest BCUT2D eigenvalue weighted by Crippen LogP contribution is -2.18. The lowest BCUT2D eigenvalue weighted by atomic mass is 10.0. The molecule has 3 N–H and O–H groups in total. The van der Waals surface area contributed by atoms with E-state index in [0.29, 0.717) is 19.5 Å². The second kappa shape index (κ2) is 6.09. The Kier molecular flexibility index (Phi) is 4.61. The van der Waals surface area contributed by atoms with Crippen molar-refractivity contribution in [1.29, 1.82) is 0 Å². The van der Waals surface area contributed by atoms with Gasteiger partial charge in [0, 0.05) is 19.7 Å². The third-order valence-electron chi connectivity index (χ3n) is 3.75. The highest BCUT2D eigenvalue weighted by molar-refractivity contribution is 5.50. The first-order valence-electron chi connectivity index (χ1n) is 7.06. The average Bonchev–Trinajstić information content (AvgIpc) is 3.16. The minimum Gasteiger partial charge on any atom is -0.396 e. The predicted molar refractivity (Wildman–Crippen MR) is 75.3 cm³/mol. The van der Waals surface area contributed by atoms with Crippen LogP contribution in [0.4, 0.5) is 24.8 Å². The number of nitrogens with zero attached hydrogens (tertiary/aromatic N) is 1. The van der Waals surface area contributed by atoms with Gasteiger partial charge in [0.25, 0.3) is 0 Å². The van der Waals surface area contributed by atoms with E-state index in [1.807, 2.05) is 0 Å². The Bertz CT molecular complexity index is 487. The number of alkyl halides is 3. The molecule has 0 aliphatic heterocycles. The van der Waals surface area contributed by atoms with E-state index in [-0.39, 0.29) is 23.7 Å². The maximum Gasteiger partial charge on any atom is 0.416 e. The molecule has 1 aromatic rings. The fourth-order valence-corrected chi connectivity index (χ4v) is 2.26. The van der Waals surface area contributed by atoms with Crippen LogP contribution in [0.3, 0.4) is 0 Å². The summed E-state index contributed by atoms with van der Waals surface area (Å²) >= 11 is 0. The molecule has 0 bridgehead atoms. The Hall–Kier alpha value is -1.50.